The summed E-state index contributed by atoms with van der Waals surface area (Å²) in [4.78, 5) is 0. The number of fused-ring (bicyclic) bond motifs is 8. The fourth-order valence-electron chi connectivity index (χ4n) is 7.65. The van der Waals surface area contributed by atoms with E-state index in [-0.39, 0.29) is 32.7 Å². The molecule has 1 aromatic heterocycles. The van der Waals surface area contributed by atoms with Crippen LogP contribution in [0, 0.1) is 0 Å². The van der Waals surface area contributed by atoms with Crippen LogP contribution in [0.4, 0.5) is 0 Å². The Labute approximate surface area is 315 Å². The minimum atomic E-state index is -0.762. The summed E-state index contributed by atoms with van der Waals surface area (Å²) < 4.78 is 143. The highest BCUT2D eigenvalue weighted by Crippen LogP contribution is 2.49. The van der Waals surface area contributed by atoms with Gasteiger partial charge in [0.15, 0.2) is 0 Å². The molecule has 0 saturated carbocycles. The third-order valence-electron chi connectivity index (χ3n) is 9.77. The average molecular weight is 662 g/mol. The smallest absolute Gasteiger partial charge is 0.136 e. The molecular formula is C50H30O. The van der Waals surface area contributed by atoms with Crippen molar-refractivity contribution in [1.29, 1.82) is 0 Å². The number of rotatable bonds is 3. The lowest BCUT2D eigenvalue weighted by Gasteiger charge is -2.20. The standard InChI is InChI=1S/C50H30O/c1-2-15-34-30-46-44(29-33(34)14-1)50-42(26-12-28-45(50)51-46)37-25-10-17-32-18-11-27-43(47(32)37)49-40-22-7-5-20-38(40)48(39-21-6-8-23-41(39)49)36-24-9-16-31-13-3-4-19-35(31)36/h1-30H/i3D,4D,5D,6D,7D,8D,9D,13D,16D,19D,20D,21D,22D,23D,24D. The topological polar surface area (TPSA) is 13.1 Å². The fourth-order valence-corrected chi connectivity index (χ4v) is 7.65. The van der Waals surface area contributed by atoms with Crippen LogP contribution >= 0.6 is 0 Å². The maximum absolute atomic E-state index is 9.64. The van der Waals surface area contributed by atoms with Crippen LogP contribution in [0.1, 0.15) is 20.6 Å². The Morgan fingerprint density at radius 3 is 1.57 bits per heavy atom. The van der Waals surface area contributed by atoms with Crippen LogP contribution in [-0.4, -0.2) is 0 Å². The molecule has 0 amide bonds. The van der Waals surface area contributed by atoms with Gasteiger partial charge in [-0.25, -0.2) is 0 Å². The molecule has 0 N–H and O–H groups in total. The van der Waals surface area contributed by atoms with Gasteiger partial charge in [0.05, 0.1) is 20.6 Å². The number of furan rings is 1. The molecule has 0 atom stereocenters. The van der Waals surface area contributed by atoms with E-state index in [1.165, 1.54) is 0 Å². The van der Waals surface area contributed by atoms with Crippen LogP contribution in [0.15, 0.2) is 186 Å². The van der Waals surface area contributed by atoms with E-state index >= 15 is 0 Å². The van der Waals surface area contributed by atoms with Crippen molar-refractivity contribution in [3.63, 3.8) is 0 Å². The van der Waals surface area contributed by atoms with Gasteiger partial charge in [0.2, 0.25) is 0 Å². The van der Waals surface area contributed by atoms with Crippen molar-refractivity contribution in [3.8, 4) is 33.4 Å². The molecule has 0 saturated heterocycles. The highest BCUT2D eigenvalue weighted by atomic mass is 16.3. The minimum absolute atomic E-state index is 0.0250. The zero-order valence-corrected chi connectivity index (χ0v) is 26.6. The van der Waals surface area contributed by atoms with Gasteiger partial charge in [-0.15, -0.1) is 0 Å². The van der Waals surface area contributed by atoms with Gasteiger partial charge < -0.3 is 4.42 Å². The Morgan fingerprint density at radius 1 is 0.333 bits per heavy atom. The molecule has 51 heavy (non-hydrogen) atoms. The van der Waals surface area contributed by atoms with E-state index in [2.05, 4.69) is 6.07 Å². The number of hydrogen-bond acceptors (Lipinski definition) is 1. The Bertz CT molecular complexity index is 3970. The Balaban J connectivity index is 1.40. The predicted octanol–water partition coefficient (Wildman–Crippen LogP) is 14.4. The maximum atomic E-state index is 9.64. The number of benzene rings is 10. The SMILES string of the molecule is [2H]c1c([2H])c([2H])c2c(-c3c4c([2H])c([2H])c([2H])c([2H])c4c(-c4cccc5cccc(-c6cccc7oc8cc9ccccc9cc8c67)c45)c4c([2H])c([2H])c([2H])c([2H])c34)c([2H])c([2H])c([2H])c2c1[2H]. The lowest BCUT2D eigenvalue weighted by atomic mass is 9.82. The molecule has 1 heterocycles. The second-order valence-corrected chi connectivity index (χ2v) is 12.4. The quantitative estimate of drug-likeness (QED) is 0.172. The molecule has 1 nitrogen and oxygen atoms in total. The van der Waals surface area contributed by atoms with Gasteiger partial charge in [0.1, 0.15) is 11.2 Å². The molecule has 11 rings (SSSR count). The van der Waals surface area contributed by atoms with Crippen LogP contribution < -0.4 is 0 Å². The van der Waals surface area contributed by atoms with Gasteiger partial charge in [-0.05, 0) is 105 Å². The van der Waals surface area contributed by atoms with E-state index in [1.54, 1.807) is 12.1 Å². The highest BCUT2D eigenvalue weighted by Gasteiger charge is 2.21. The van der Waals surface area contributed by atoms with Gasteiger partial charge in [-0.1, -0.05) is 163 Å². The second kappa shape index (κ2) is 10.9. The molecule has 0 bridgehead atoms. The molecule has 236 valence electrons. The fraction of sp³-hybridized carbons (Fsp3) is 0. The molecule has 0 unspecified atom stereocenters. The Kier molecular flexibility index (Phi) is 3.70. The minimum Gasteiger partial charge on any atom is -0.456 e. The molecule has 0 aliphatic heterocycles. The number of hydrogen-bond donors (Lipinski definition) is 0. The first-order valence-corrected chi connectivity index (χ1v) is 16.4. The van der Waals surface area contributed by atoms with Gasteiger partial charge in [-0.3, -0.25) is 0 Å². The van der Waals surface area contributed by atoms with Crippen molar-refractivity contribution in [3.05, 3.63) is 182 Å². The molecule has 0 spiro atoms. The first-order valence-electron chi connectivity index (χ1n) is 23.9. The van der Waals surface area contributed by atoms with Crippen LogP contribution in [0.3, 0.4) is 0 Å². The van der Waals surface area contributed by atoms with Gasteiger partial charge in [0, 0.05) is 10.8 Å². The monoisotopic (exact) mass is 661 g/mol. The lowest BCUT2D eigenvalue weighted by Crippen LogP contribution is -1.93. The molecule has 10 aromatic carbocycles. The summed E-state index contributed by atoms with van der Waals surface area (Å²) in [5.74, 6) is 0. The lowest BCUT2D eigenvalue weighted by molar-refractivity contribution is 0.669. The van der Waals surface area contributed by atoms with E-state index in [0.29, 0.717) is 33.1 Å². The van der Waals surface area contributed by atoms with E-state index < -0.39 is 107 Å². The van der Waals surface area contributed by atoms with E-state index in [9.17, 15) is 6.85 Å². The molecule has 0 aliphatic carbocycles. The zero-order valence-electron chi connectivity index (χ0n) is 41.6. The molecular weight excluding hydrogens is 617 g/mol. The van der Waals surface area contributed by atoms with Gasteiger partial charge >= 0.3 is 0 Å². The molecule has 11 aromatic rings. The third kappa shape index (κ3) is 4.16. The van der Waals surface area contributed by atoms with Crippen LogP contribution in [-0.2, 0) is 0 Å². The van der Waals surface area contributed by atoms with Crippen molar-refractivity contribution in [2.75, 3.05) is 0 Å². The summed E-state index contributed by atoms with van der Waals surface area (Å²) in [6.07, 6.45) is 0. The molecule has 0 fully saturated rings. The first-order chi connectivity index (χ1) is 31.5. The zero-order chi connectivity index (χ0) is 46.5. The average Bonchev–Trinajstić information content (AvgIpc) is 3.69. The van der Waals surface area contributed by atoms with Gasteiger partial charge in [-0.2, -0.15) is 0 Å². The van der Waals surface area contributed by atoms with Crippen molar-refractivity contribution >= 4 is 75.8 Å². The van der Waals surface area contributed by atoms with E-state index in [0.717, 1.165) is 27.1 Å². The Morgan fingerprint density at radius 2 is 0.863 bits per heavy atom. The van der Waals surface area contributed by atoms with Crippen LogP contribution in [0.25, 0.3) is 109 Å². The van der Waals surface area contributed by atoms with E-state index in [4.69, 9.17) is 18.1 Å². The summed E-state index contributed by atoms with van der Waals surface area (Å²) in [6, 6.07) is 18.4. The molecule has 1 heteroatoms. The van der Waals surface area contributed by atoms with Crippen LogP contribution in [0.2, 0.25) is 0 Å². The molecule has 0 radical (unpaired) electrons. The second-order valence-electron chi connectivity index (χ2n) is 12.4. The third-order valence-corrected chi connectivity index (χ3v) is 9.77. The normalized spacial score (nSPS) is 16.0. The predicted molar refractivity (Wildman–Crippen MR) is 218 cm³/mol. The van der Waals surface area contributed by atoms with Crippen molar-refractivity contribution < 1.29 is 25.0 Å². The first kappa shape index (κ1) is 17.3. The van der Waals surface area contributed by atoms with Crippen molar-refractivity contribution in [1.82, 2.24) is 0 Å². The summed E-state index contributed by atoms with van der Waals surface area (Å²) in [5.41, 5.74) is 2.27. The van der Waals surface area contributed by atoms with Crippen LogP contribution in [0.5, 0.6) is 0 Å². The summed E-state index contributed by atoms with van der Waals surface area (Å²) in [6.45, 7) is 0. The van der Waals surface area contributed by atoms with E-state index in [1.807, 2.05) is 72.8 Å². The Hall–Kier alpha value is -6.70. The maximum Gasteiger partial charge on any atom is 0.136 e. The summed E-state index contributed by atoms with van der Waals surface area (Å²) in [5, 5.41) is 3.06. The summed E-state index contributed by atoms with van der Waals surface area (Å²) >= 11 is 0. The van der Waals surface area contributed by atoms with Crippen molar-refractivity contribution in [2.45, 2.75) is 0 Å². The summed E-state index contributed by atoms with van der Waals surface area (Å²) in [7, 11) is 0. The largest absolute Gasteiger partial charge is 0.456 e. The van der Waals surface area contributed by atoms with Crippen molar-refractivity contribution in [2.24, 2.45) is 0 Å². The molecule has 0 aliphatic rings. The highest BCUT2D eigenvalue weighted by molar-refractivity contribution is 6.27. The van der Waals surface area contributed by atoms with Gasteiger partial charge in [0.25, 0.3) is 0 Å².